The number of nitrogens with zero attached hydrogens (tertiary/aromatic N) is 12. The maximum absolute atomic E-state index is 14.3. The highest BCUT2D eigenvalue weighted by Crippen LogP contribution is 2.65. The van der Waals surface area contributed by atoms with Gasteiger partial charge in [0.15, 0.2) is 0 Å². The Morgan fingerprint density at radius 3 is 0.949 bits per heavy atom. The van der Waals surface area contributed by atoms with Crippen LogP contribution in [0.4, 0.5) is 0 Å². The summed E-state index contributed by atoms with van der Waals surface area (Å²) in [4.78, 5) is 72.6. The molecule has 10 heterocycles. The Morgan fingerprint density at radius 2 is 0.526 bits per heavy atom. The zero-order valence-corrected chi connectivity index (χ0v) is 73.8. The minimum atomic E-state index is -0.475. The summed E-state index contributed by atoms with van der Waals surface area (Å²) < 4.78 is 18.0. The van der Waals surface area contributed by atoms with E-state index in [2.05, 4.69) is 222 Å². The van der Waals surface area contributed by atoms with Gasteiger partial charge in [-0.1, -0.05) is 317 Å². The van der Waals surface area contributed by atoms with E-state index in [0.717, 1.165) is 137 Å². The first-order chi connectivity index (χ1) is 67.6. The number of furan rings is 1. The average molecular weight is 1760 g/mol. The Balaban J connectivity index is 0.000000103. The summed E-state index contributed by atoms with van der Waals surface area (Å²) in [6.45, 7) is 4.60. The van der Waals surface area contributed by atoms with E-state index in [9.17, 15) is 14.4 Å². The molecule has 0 radical (unpaired) electrons. The molecule has 30 rings (SSSR count). The molecule has 0 atom stereocenters. The molecule has 17 aromatic carbocycles. The molecule has 0 bridgehead atoms. The van der Waals surface area contributed by atoms with Gasteiger partial charge in [0.25, 0.3) is 16.7 Å². The molecule has 16 heteroatoms. The van der Waals surface area contributed by atoms with Crippen molar-refractivity contribution < 1.29 is 4.42 Å². The van der Waals surface area contributed by atoms with Gasteiger partial charge >= 0.3 is 0 Å². The monoisotopic (exact) mass is 1760 g/mol. The molecule has 0 aliphatic heterocycles. The van der Waals surface area contributed by atoms with E-state index in [1.54, 1.807) is 32.3 Å². The number of aromatic nitrogens is 12. The quantitative estimate of drug-likeness (QED) is 0.146. The fraction of sp³-hybridized carbons (Fsp3) is 0.0331. The van der Waals surface area contributed by atoms with E-state index < -0.39 is 5.41 Å². The van der Waals surface area contributed by atoms with Crippen molar-refractivity contribution in [3.8, 4) is 68.3 Å². The van der Waals surface area contributed by atoms with Gasteiger partial charge in [0.1, 0.15) is 11.2 Å². The molecule has 16 nitrogen and oxygen atoms in total. The van der Waals surface area contributed by atoms with Crippen molar-refractivity contribution in [1.29, 1.82) is 0 Å². The van der Waals surface area contributed by atoms with Gasteiger partial charge in [0.2, 0.25) is 17.8 Å². The maximum atomic E-state index is 14.3. The van der Waals surface area contributed by atoms with Gasteiger partial charge in [-0.25, -0.2) is 29.9 Å². The number of rotatable bonds is 6. The molecule has 1 spiro atoms. The molecule has 0 saturated carbocycles. The highest BCUT2D eigenvalue weighted by atomic mass is 16.3. The standard InChI is InChI=1S/C48H28N4O.C38H26N4O.C35H20N4O2/c53-46-36-28-49-47(50-44(36)35-20-8-13-25-42(35)51(46)29-14-2-1-3-15-29)52-41-24-12-7-18-32(41)33-26-27-40-43(45(33)52)34-19-6-11-23-39(34)48(40)37-21-9-4-16-30(37)31-17-5-10-22-38(31)48;1-38(2)29-17-9-6-15-26(29)33-30(38)21-20-25-24-14-7-10-18-31(24)42(35(25)33)37-39-22-28-34(40-37)27-16-8-11-19-32(27)41(36(28)43)23-12-4-3-5-13-23;40-34-26-20-36-35(37-32(26)24-13-5-8-16-28(24)38(34)21-10-2-1-3-11-21)39-27-15-7-4-12-22(27)23-18-19-30-31(33(23)39)25-14-6-9-17-29(25)41-30/h1-28H;3-22H,1-2H3;1-20H. The molecule has 0 amide bonds. The lowest BCUT2D eigenvalue weighted by Gasteiger charge is -2.30. The summed E-state index contributed by atoms with van der Waals surface area (Å²) in [6, 6.07) is 135. The number of para-hydroxylation sites is 10. The van der Waals surface area contributed by atoms with Crippen LogP contribution in [0.1, 0.15) is 47.2 Å². The van der Waals surface area contributed by atoms with Crippen LogP contribution in [0.5, 0.6) is 0 Å². The van der Waals surface area contributed by atoms with Gasteiger partial charge in [-0.15, -0.1) is 0 Å². The summed E-state index contributed by atoms with van der Waals surface area (Å²) in [5.41, 5.74) is 28.7. The Morgan fingerprint density at radius 1 is 0.226 bits per heavy atom. The third-order valence-electron chi connectivity index (χ3n) is 28.8. The number of benzene rings is 17. The van der Waals surface area contributed by atoms with Gasteiger partial charge in [-0.05, 0) is 147 Å². The molecular formula is C121H74N12O4. The van der Waals surface area contributed by atoms with Crippen molar-refractivity contribution in [2.45, 2.75) is 24.7 Å². The molecule has 3 aliphatic carbocycles. The molecule has 10 aromatic heterocycles. The molecule has 3 aliphatic rings. The van der Waals surface area contributed by atoms with E-state index in [1.165, 1.54) is 66.8 Å². The van der Waals surface area contributed by atoms with Crippen LogP contribution in [0.2, 0.25) is 0 Å². The van der Waals surface area contributed by atoms with Gasteiger partial charge < -0.3 is 4.42 Å². The summed E-state index contributed by atoms with van der Waals surface area (Å²) in [5, 5.41) is 12.9. The first kappa shape index (κ1) is 77.4. The second kappa shape index (κ2) is 29.3. The van der Waals surface area contributed by atoms with E-state index in [4.69, 9.17) is 34.3 Å². The molecule has 0 saturated heterocycles. The SMILES string of the molecule is CC1(C)c2ccccc2-c2c1ccc1c3ccccc3n(-c3ncc4c(=O)n(-c5ccccc5)c5ccccc5c4n3)c21.O=c1c2cnc(-n3c4ccccc4c4ccc5c(c43)-c3ccccc3C53c4ccccc4-c4ccccc43)nc2c2ccccc2n1-c1ccccc1.O=c1c2cnc(-n3c4ccccc4c4ccc5oc6ccccc6c5c43)nc2c2ccccc2n1-c1ccccc1. The molecular weight excluding hydrogens is 1690 g/mol. The second-order valence-electron chi connectivity index (χ2n) is 36.1. The zero-order chi connectivity index (χ0) is 90.8. The zero-order valence-electron chi connectivity index (χ0n) is 73.8. The smallest absolute Gasteiger partial charge is 0.266 e. The van der Waals surface area contributed by atoms with Crippen LogP contribution in [0.25, 0.3) is 221 Å². The lowest BCUT2D eigenvalue weighted by Crippen LogP contribution is -2.25. The summed E-state index contributed by atoms with van der Waals surface area (Å²) in [7, 11) is 0. The lowest BCUT2D eigenvalue weighted by atomic mass is 9.70. The van der Waals surface area contributed by atoms with Crippen LogP contribution >= 0.6 is 0 Å². The Bertz CT molecular complexity index is 10100. The largest absolute Gasteiger partial charge is 0.456 e. The predicted octanol–water partition coefficient (Wildman–Crippen LogP) is 26.6. The highest BCUT2D eigenvalue weighted by molar-refractivity contribution is 6.25. The van der Waals surface area contributed by atoms with Crippen LogP contribution in [-0.4, -0.2) is 57.3 Å². The molecule has 27 aromatic rings. The number of hydrogen-bond acceptors (Lipinski definition) is 10. The Kier molecular flexibility index (Phi) is 16.5. The van der Waals surface area contributed by atoms with Crippen LogP contribution in [-0.2, 0) is 10.8 Å². The molecule has 0 unspecified atom stereocenters. The van der Waals surface area contributed by atoms with Crippen LogP contribution in [0.3, 0.4) is 0 Å². The van der Waals surface area contributed by atoms with Gasteiger partial charge in [-0.2, -0.15) is 0 Å². The van der Waals surface area contributed by atoms with Crippen molar-refractivity contribution in [2.24, 2.45) is 0 Å². The number of hydrogen-bond donors (Lipinski definition) is 0. The van der Waals surface area contributed by atoms with Crippen molar-refractivity contribution >= 4 is 153 Å². The molecule has 0 N–H and O–H groups in total. The Labute approximate surface area is 779 Å². The summed E-state index contributed by atoms with van der Waals surface area (Å²) in [5.74, 6) is 1.59. The average Bonchev–Trinajstić information content (AvgIpc) is 1.50. The normalized spacial score (nSPS) is 13.1. The second-order valence-corrected chi connectivity index (χ2v) is 36.1. The van der Waals surface area contributed by atoms with Crippen LogP contribution < -0.4 is 16.7 Å². The van der Waals surface area contributed by atoms with Gasteiger partial charge in [0, 0.05) is 106 Å². The van der Waals surface area contributed by atoms with Crippen molar-refractivity contribution in [3.63, 3.8) is 0 Å². The molecule has 0 fully saturated rings. The third kappa shape index (κ3) is 10.8. The lowest BCUT2D eigenvalue weighted by molar-refractivity contribution is 0.660. The number of pyridine rings is 3. The highest BCUT2D eigenvalue weighted by Gasteiger charge is 2.53. The molecule has 642 valence electrons. The van der Waals surface area contributed by atoms with Crippen LogP contribution in [0, 0.1) is 0 Å². The van der Waals surface area contributed by atoms with Crippen molar-refractivity contribution in [2.75, 3.05) is 0 Å². The van der Waals surface area contributed by atoms with Gasteiger partial charge in [-0.3, -0.25) is 41.8 Å². The molecule has 137 heavy (non-hydrogen) atoms. The van der Waals surface area contributed by atoms with Crippen molar-refractivity contribution in [1.82, 2.24) is 57.3 Å². The van der Waals surface area contributed by atoms with E-state index in [1.807, 2.05) is 200 Å². The fourth-order valence-corrected chi connectivity index (χ4v) is 23.1. The fourth-order valence-electron chi connectivity index (χ4n) is 23.1. The van der Waals surface area contributed by atoms with Crippen LogP contribution in [0.15, 0.2) is 432 Å². The number of fused-ring (bicyclic) bond motifs is 37. The minimum Gasteiger partial charge on any atom is -0.456 e. The predicted molar refractivity (Wildman–Crippen MR) is 552 cm³/mol. The maximum Gasteiger partial charge on any atom is 0.266 e. The first-order valence-corrected chi connectivity index (χ1v) is 46.0. The summed E-state index contributed by atoms with van der Waals surface area (Å²) >= 11 is 0. The summed E-state index contributed by atoms with van der Waals surface area (Å²) in [6.07, 6.45) is 5.09. The van der Waals surface area contributed by atoms with E-state index in [0.29, 0.717) is 50.6 Å². The first-order valence-electron chi connectivity index (χ1n) is 46.0. The minimum absolute atomic E-state index is 0.134. The Hall–Kier alpha value is -18.4. The van der Waals surface area contributed by atoms with Gasteiger partial charge in [0.05, 0.1) is 93.2 Å². The van der Waals surface area contributed by atoms with E-state index in [-0.39, 0.29) is 22.1 Å². The van der Waals surface area contributed by atoms with Crippen molar-refractivity contribution in [3.05, 3.63) is 477 Å². The van der Waals surface area contributed by atoms with E-state index >= 15 is 0 Å². The third-order valence-corrected chi connectivity index (χ3v) is 28.8. The topological polar surface area (TPSA) is 171 Å².